The predicted octanol–water partition coefficient (Wildman–Crippen LogP) is -1.34. The Kier molecular flexibility index (Phi) is 23.2. The second-order valence-electron chi connectivity index (χ2n) is 33.6. The lowest BCUT2D eigenvalue weighted by atomic mass is 9.30. The van der Waals surface area contributed by atoms with Crippen LogP contribution in [0.2, 0.25) is 0 Å². The molecule has 6 saturated heterocycles. The minimum absolute atomic E-state index is 0.0915. The smallest absolute Gasteiger partial charge is 0.335 e. The van der Waals surface area contributed by atoms with Crippen molar-refractivity contribution in [1.82, 2.24) is 0 Å². The van der Waals surface area contributed by atoms with Gasteiger partial charge in [0.15, 0.2) is 49.9 Å². The van der Waals surface area contributed by atoms with Gasteiger partial charge in [0.05, 0.1) is 48.6 Å². The second-order valence-corrected chi connectivity index (χ2v) is 33.6. The molecule has 11 fully saturated rings. The Morgan fingerprint density at radius 3 is 1.69 bits per heavy atom. The molecule has 1 aromatic rings. The van der Waals surface area contributed by atoms with Gasteiger partial charge in [-0.1, -0.05) is 84.9 Å². The Morgan fingerprint density at radius 1 is 0.538 bits per heavy atom. The molecule has 16 N–H and O–H groups in total. The third-order valence-corrected chi connectivity index (χ3v) is 27.3. The van der Waals surface area contributed by atoms with Gasteiger partial charge < -0.3 is 143 Å². The molecule has 11 aliphatic rings. The number of carboxylic acid groups (broad SMARTS) is 1. The lowest BCUT2D eigenvalue weighted by Gasteiger charge is -2.75. The van der Waals surface area contributed by atoms with Gasteiger partial charge in [0.1, 0.15) is 110 Å². The molecule has 6 aliphatic heterocycles. The van der Waals surface area contributed by atoms with E-state index in [1.54, 1.807) is 26.0 Å². The van der Waals surface area contributed by atoms with Crippen LogP contribution in [0.5, 0.6) is 0 Å². The van der Waals surface area contributed by atoms with Gasteiger partial charge in [0, 0.05) is 28.4 Å². The molecule has 32 nitrogen and oxygen atoms in total. The Balaban J connectivity index is 0.856. The highest BCUT2D eigenvalue weighted by Crippen LogP contribution is 2.82. The SMILES string of the molecule is CC=C(C)C(=O)O[C@H]1[C@H](OC(=O)C=Cc2ccccc2)[C@@]23[C@H](O)C[C@]4(C)[C@@](CC[C@@H]5[C@@]6(C)CC[C@H](O[C@@H]7O[C@H](C(=O)O)[C@@H](O)[C@H](O[C@@H]8O[C@H](CO)[C@H](O)[C@H](O)[C@H]8O[C@@H]8O[C@@H](C)[C@H](O)[C@@H](O)[C@H]8O[C@@H]8O[C@@H](C)[C@H](O)[C@@H](O)[C@H]8O)[C@H]7O[C@@H]7O[C@H](CO)[C@H](O)[C@H](O)[C@H]7O)C(C)(C)[C@H]6CC[C@]54C)(O[C@@H]2O)[C@H]3CC1(C)C. The summed E-state index contributed by atoms with van der Waals surface area (Å²) < 4.78 is 82.1. The summed E-state index contributed by atoms with van der Waals surface area (Å²) in [6, 6.07) is 9.10. The van der Waals surface area contributed by atoms with E-state index >= 15 is 0 Å². The van der Waals surface area contributed by atoms with Gasteiger partial charge in [-0.2, -0.15) is 0 Å². The molecule has 598 valence electrons. The predicted molar refractivity (Wildman–Crippen MR) is 359 cm³/mol. The summed E-state index contributed by atoms with van der Waals surface area (Å²) in [5.41, 5.74) is -5.73. The van der Waals surface area contributed by atoms with Crippen LogP contribution in [0.3, 0.4) is 0 Å². The number of carbonyl (C=O) groups is 3. The van der Waals surface area contributed by atoms with Gasteiger partial charge in [-0.05, 0) is 119 Å². The molecule has 1 aromatic carbocycles. The molecule has 5 saturated carbocycles. The maximum Gasteiger partial charge on any atom is 0.335 e. The fourth-order valence-electron chi connectivity index (χ4n) is 21.2. The maximum atomic E-state index is 14.3. The first-order valence-electron chi connectivity index (χ1n) is 37.0. The molecule has 106 heavy (non-hydrogen) atoms. The van der Waals surface area contributed by atoms with Gasteiger partial charge >= 0.3 is 17.9 Å². The lowest BCUT2D eigenvalue weighted by molar-refractivity contribution is -0.412. The number of fused-ring (bicyclic) bond motifs is 4. The number of carboxylic acids is 1. The first-order valence-corrected chi connectivity index (χ1v) is 37.0. The van der Waals surface area contributed by atoms with Crippen molar-refractivity contribution in [2.45, 2.75) is 317 Å². The highest BCUT2D eigenvalue weighted by atomic mass is 16.8. The van der Waals surface area contributed by atoms with E-state index in [-0.39, 0.29) is 24.7 Å². The summed E-state index contributed by atoms with van der Waals surface area (Å²) >= 11 is 0. The van der Waals surface area contributed by atoms with Crippen molar-refractivity contribution in [3.8, 4) is 0 Å². The molecule has 6 heterocycles. The van der Waals surface area contributed by atoms with E-state index in [0.29, 0.717) is 49.7 Å². The van der Waals surface area contributed by atoms with Crippen molar-refractivity contribution in [3.05, 3.63) is 53.6 Å². The number of ether oxygens (including phenoxy) is 13. The molecule has 12 rings (SSSR count). The van der Waals surface area contributed by atoms with Crippen LogP contribution < -0.4 is 0 Å². The zero-order valence-corrected chi connectivity index (χ0v) is 61.4. The van der Waals surface area contributed by atoms with Crippen molar-refractivity contribution in [3.63, 3.8) is 0 Å². The number of carbonyl (C=O) groups excluding carboxylic acids is 2. The molecule has 2 bridgehead atoms. The van der Waals surface area contributed by atoms with Crippen LogP contribution in [0, 0.1) is 50.2 Å². The number of rotatable bonds is 18. The number of hydrogen-bond acceptors (Lipinski definition) is 31. The molecule has 1 spiro atoms. The largest absolute Gasteiger partial charge is 0.479 e. The average molecular weight is 1510 g/mol. The third-order valence-electron chi connectivity index (χ3n) is 27.3. The number of aliphatic carboxylic acids is 1. The van der Waals surface area contributed by atoms with Crippen LogP contribution in [0.1, 0.15) is 133 Å². The number of benzene rings is 1. The molecule has 38 atom stereocenters. The number of aliphatic hydroxyl groups is 15. The number of aliphatic hydroxyl groups excluding tert-OH is 15. The molecule has 0 radical (unpaired) electrons. The second kappa shape index (κ2) is 30.2. The molecule has 5 aliphatic carbocycles. The van der Waals surface area contributed by atoms with Gasteiger partial charge in [0.2, 0.25) is 0 Å². The maximum absolute atomic E-state index is 14.3. The standard InChI is InChI=1S/C74H110O32/c1-12-30(2)61(92)105-58-59(99-41(78)19-18-33-16-14-13-15-17-33)74-38(26-68(58,5)6)73(106-67(74)93)25-21-37-70(9)23-22-40(69(7,8)36(70)20-24-71(37,10)72(73,11)27-39(74)77)98-66-57(104-63-51(88)47(84)44(81)34(28-75)96-63)53(52(89)54(101-66)60(90)91)100-65-56(49(86)45(82)35(29-76)97-65)103-64-55(48(85)43(80)32(4)95-64)102-62-50(87)46(83)42(79)31(3)94-62/h12-19,31-32,34-40,42-59,62-67,75-77,79-89,93H,20-29H2,1-11H3,(H,90,91)/t31-,32-,34+,35+,36+,37+,38+,39+,40-,42-,43-,44-,45-,46+,47-,48+,49-,50+,51+,52-,53-,54-,55+,56+,57+,58-,59-,62-,63-,64-,65-,66+,67-,70-,71+,72-,73-,74+/m0/s1. The van der Waals surface area contributed by atoms with E-state index in [1.165, 1.54) is 19.9 Å². The summed E-state index contributed by atoms with van der Waals surface area (Å²) in [5, 5.41) is 182. The van der Waals surface area contributed by atoms with E-state index < -0.39 is 259 Å². The number of hydrogen-bond donors (Lipinski definition) is 16. The molecular formula is C74H110O32. The van der Waals surface area contributed by atoms with Crippen LogP contribution in [-0.4, -0.2) is 303 Å². The quantitative estimate of drug-likeness (QED) is 0.0460. The number of esters is 2. The first-order chi connectivity index (χ1) is 49.7. The van der Waals surface area contributed by atoms with Crippen molar-refractivity contribution in [2.75, 3.05) is 13.2 Å². The van der Waals surface area contributed by atoms with E-state index in [0.717, 1.165) is 0 Å². The normalized spacial score (nSPS) is 51.3. The van der Waals surface area contributed by atoms with Gasteiger partial charge in [-0.25, -0.2) is 14.4 Å². The molecule has 32 heteroatoms. The molecule has 0 unspecified atom stereocenters. The Hall–Kier alpha value is -3.93. The first kappa shape index (κ1) is 81.6. The fourth-order valence-corrected chi connectivity index (χ4v) is 21.2. The van der Waals surface area contributed by atoms with Crippen LogP contribution >= 0.6 is 0 Å². The Morgan fingerprint density at radius 2 is 1.07 bits per heavy atom. The minimum Gasteiger partial charge on any atom is -0.479 e. The highest BCUT2D eigenvalue weighted by Gasteiger charge is 2.86. The van der Waals surface area contributed by atoms with Crippen molar-refractivity contribution < 1.29 is 158 Å². The molecule has 0 amide bonds. The Bertz CT molecular complexity index is 3340. The fraction of sp³-hybridized carbons (Fsp3) is 0.824. The van der Waals surface area contributed by atoms with Crippen molar-refractivity contribution in [2.24, 2.45) is 50.2 Å². The zero-order chi connectivity index (χ0) is 77.4. The third kappa shape index (κ3) is 13.3. The van der Waals surface area contributed by atoms with Gasteiger partial charge in [-0.3, -0.25) is 0 Å². The lowest BCUT2D eigenvalue weighted by Crippen LogP contribution is -2.77. The summed E-state index contributed by atoms with van der Waals surface area (Å²) in [6.07, 6.45) is -47.3. The summed E-state index contributed by atoms with van der Waals surface area (Å²) in [7, 11) is 0. The summed E-state index contributed by atoms with van der Waals surface area (Å²) in [5.74, 6) is -4.20. The van der Waals surface area contributed by atoms with Crippen LogP contribution in [0.15, 0.2) is 48.1 Å². The van der Waals surface area contributed by atoms with E-state index in [9.17, 15) is 96.1 Å². The summed E-state index contributed by atoms with van der Waals surface area (Å²) in [4.78, 5) is 41.7. The zero-order valence-electron chi connectivity index (χ0n) is 61.4. The van der Waals surface area contributed by atoms with Crippen molar-refractivity contribution in [1.29, 1.82) is 0 Å². The summed E-state index contributed by atoms with van der Waals surface area (Å²) in [6.45, 7) is 18.5. The van der Waals surface area contributed by atoms with Crippen LogP contribution in [-0.2, 0) is 76.0 Å². The van der Waals surface area contributed by atoms with Crippen LogP contribution in [0.4, 0.5) is 0 Å². The molecule has 0 aromatic heterocycles. The molecular weight excluding hydrogens is 1400 g/mol. The highest BCUT2D eigenvalue weighted by molar-refractivity contribution is 5.88. The average Bonchev–Trinajstić information content (AvgIpc) is 1.39. The van der Waals surface area contributed by atoms with E-state index in [2.05, 4.69) is 20.8 Å². The number of allylic oxidation sites excluding steroid dienone is 1. The van der Waals surface area contributed by atoms with Gasteiger partial charge in [0.25, 0.3) is 0 Å². The van der Waals surface area contributed by atoms with Crippen LogP contribution in [0.25, 0.3) is 6.08 Å². The van der Waals surface area contributed by atoms with E-state index in [1.807, 2.05) is 58.0 Å². The monoisotopic (exact) mass is 1510 g/mol. The van der Waals surface area contributed by atoms with Crippen molar-refractivity contribution >= 4 is 24.0 Å². The minimum atomic E-state index is -2.38. The van der Waals surface area contributed by atoms with E-state index in [4.69, 9.17) is 61.6 Å². The topological polar surface area (TPSA) is 495 Å². The van der Waals surface area contributed by atoms with Gasteiger partial charge in [-0.15, -0.1) is 0 Å². The Labute approximate surface area is 613 Å².